The lowest BCUT2D eigenvalue weighted by Gasteiger charge is -2.36. The molecule has 1 saturated heterocycles. The molecule has 8 heteroatoms. The fraction of sp³-hybridized carbons (Fsp3) is 0.400. The minimum absolute atomic E-state index is 0.00362. The van der Waals surface area contributed by atoms with Gasteiger partial charge in [0.15, 0.2) is 0 Å². The number of fused-ring (bicyclic) bond motifs is 1. The Bertz CT molecular complexity index is 1120. The molecule has 4 rings (SSSR count). The van der Waals surface area contributed by atoms with E-state index in [1.54, 1.807) is 17.9 Å². The van der Waals surface area contributed by atoms with Crippen LogP contribution in [0.1, 0.15) is 12.8 Å². The summed E-state index contributed by atoms with van der Waals surface area (Å²) < 4.78 is 6.95. The average Bonchev–Trinajstić information content (AvgIpc) is 2.87. The molecule has 0 unspecified atom stereocenters. The van der Waals surface area contributed by atoms with Crippen molar-refractivity contribution in [1.82, 2.24) is 20.0 Å². The lowest BCUT2D eigenvalue weighted by Crippen LogP contribution is -2.47. The van der Waals surface area contributed by atoms with E-state index in [0.717, 1.165) is 50.4 Å². The number of rotatable bonds is 9. The summed E-state index contributed by atoms with van der Waals surface area (Å²) in [6.07, 6.45) is 2.57. The van der Waals surface area contributed by atoms with Crippen molar-refractivity contribution in [3.05, 3.63) is 65.0 Å². The first-order chi connectivity index (χ1) is 16.1. The van der Waals surface area contributed by atoms with Gasteiger partial charge < -0.3 is 15.0 Å². The fourth-order valence-electron chi connectivity index (χ4n) is 4.19. The van der Waals surface area contributed by atoms with Crippen molar-refractivity contribution in [3.8, 4) is 5.75 Å². The number of para-hydroxylation sites is 1. The Labute approximate surface area is 193 Å². The Morgan fingerprint density at radius 2 is 1.79 bits per heavy atom. The average molecular weight is 450 g/mol. The molecule has 1 N–H and O–H groups in total. The molecule has 0 bridgehead atoms. The second-order valence-corrected chi connectivity index (χ2v) is 8.23. The number of nitrogens with one attached hydrogen (secondary N) is 1. The summed E-state index contributed by atoms with van der Waals surface area (Å²) in [6, 6.07) is 15.6. The van der Waals surface area contributed by atoms with Gasteiger partial charge in [0.2, 0.25) is 11.3 Å². The molecule has 2 heterocycles. The van der Waals surface area contributed by atoms with E-state index in [9.17, 15) is 9.59 Å². The van der Waals surface area contributed by atoms with Gasteiger partial charge in [-0.05, 0) is 49.4 Å². The molecule has 1 amide bonds. The van der Waals surface area contributed by atoms with Gasteiger partial charge in [0.1, 0.15) is 5.75 Å². The molecule has 2 aromatic carbocycles. The highest BCUT2D eigenvalue weighted by atomic mass is 16.5. The molecular weight excluding hydrogens is 418 g/mol. The van der Waals surface area contributed by atoms with Crippen LogP contribution in [0.4, 0.5) is 5.69 Å². The molecule has 0 atom stereocenters. The topological polar surface area (TPSA) is 79.7 Å². The zero-order valence-corrected chi connectivity index (χ0v) is 19.1. The Morgan fingerprint density at radius 1 is 1.03 bits per heavy atom. The number of ether oxygens (including phenoxy) is 1. The van der Waals surface area contributed by atoms with Crippen LogP contribution in [0, 0.1) is 0 Å². The van der Waals surface area contributed by atoms with Crippen LogP contribution in [0.3, 0.4) is 0 Å². The molecule has 0 spiro atoms. The summed E-state index contributed by atoms with van der Waals surface area (Å²) in [4.78, 5) is 29.0. The number of benzene rings is 2. The summed E-state index contributed by atoms with van der Waals surface area (Å²) in [6.45, 7) is 6.12. The van der Waals surface area contributed by atoms with Crippen LogP contribution in [0.5, 0.6) is 5.75 Å². The number of anilines is 1. The molecule has 0 aliphatic carbocycles. The molecule has 0 saturated carbocycles. The van der Waals surface area contributed by atoms with Gasteiger partial charge in [0.25, 0.3) is 0 Å². The molecule has 1 aliphatic rings. The first-order valence-electron chi connectivity index (χ1n) is 11.5. The van der Waals surface area contributed by atoms with E-state index in [4.69, 9.17) is 4.74 Å². The molecule has 0 radical (unpaired) electrons. The molecule has 1 fully saturated rings. The molecule has 1 aliphatic heterocycles. The maximum Gasteiger partial charge on any atom is 0.221 e. The third kappa shape index (κ3) is 5.90. The first-order valence-corrected chi connectivity index (χ1v) is 11.5. The summed E-state index contributed by atoms with van der Waals surface area (Å²) in [5.41, 5.74) is 1.88. The largest absolute Gasteiger partial charge is 0.497 e. The quantitative estimate of drug-likeness (QED) is 0.504. The summed E-state index contributed by atoms with van der Waals surface area (Å²) >= 11 is 0. The van der Waals surface area contributed by atoms with Crippen molar-refractivity contribution in [2.45, 2.75) is 19.4 Å². The van der Waals surface area contributed by atoms with Crippen molar-refractivity contribution in [3.63, 3.8) is 0 Å². The number of aryl methyl sites for hydroxylation is 1. The van der Waals surface area contributed by atoms with Crippen molar-refractivity contribution in [1.29, 1.82) is 0 Å². The lowest BCUT2D eigenvalue weighted by molar-refractivity contribution is -0.121. The molecule has 174 valence electrons. The van der Waals surface area contributed by atoms with Gasteiger partial charge in [-0.2, -0.15) is 5.10 Å². The maximum absolute atomic E-state index is 12.3. The molecule has 3 aromatic rings. The Kier molecular flexibility index (Phi) is 7.57. The number of methoxy groups -OCH3 is 1. The van der Waals surface area contributed by atoms with Gasteiger partial charge >= 0.3 is 0 Å². The van der Waals surface area contributed by atoms with Crippen LogP contribution >= 0.6 is 0 Å². The van der Waals surface area contributed by atoms with Gasteiger partial charge in [-0.15, -0.1) is 0 Å². The van der Waals surface area contributed by atoms with Crippen molar-refractivity contribution in [2.24, 2.45) is 0 Å². The maximum atomic E-state index is 12.3. The third-order valence-electron chi connectivity index (χ3n) is 6.10. The predicted molar refractivity (Wildman–Crippen MR) is 130 cm³/mol. The summed E-state index contributed by atoms with van der Waals surface area (Å²) in [7, 11) is 1.68. The number of carbonyl (C=O) groups is 1. The van der Waals surface area contributed by atoms with Gasteiger partial charge in [-0.3, -0.25) is 19.2 Å². The van der Waals surface area contributed by atoms with Crippen LogP contribution in [0.25, 0.3) is 10.9 Å². The van der Waals surface area contributed by atoms with E-state index in [1.165, 1.54) is 11.9 Å². The minimum Gasteiger partial charge on any atom is -0.497 e. The van der Waals surface area contributed by atoms with E-state index in [0.29, 0.717) is 24.9 Å². The van der Waals surface area contributed by atoms with Crippen LogP contribution in [0.15, 0.2) is 59.5 Å². The smallest absolute Gasteiger partial charge is 0.221 e. The SMILES string of the molecule is COc1ccc(N2CCN(CCCNC(=O)CCn3ncc(=O)c4ccccc43)CC2)cc1. The van der Waals surface area contributed by atoms with Crippen molar-refractivity contribution < 1.29 is 9.53 Å². The molecule has 33 heavy (non-hydrogen) atoms. The molecule has 8 nitrogen and oxygen atoms in total. The standard InChI is InChI=1S/C25H31N5O3/c1-33-21-9-7-20(8-10-21)29-17-15-28(16-18-29)13-4-12-26-25(32)11-14-30-23-6-3-2-5-22(23)24(31)19-27-30/h2-3,5-10,19H,4,11-18H2,1H3,(H,26,32). The van der Waals surface area contributed by atoms with Gasteiger partial charge in [0.05, 0.1) is 25.4 Å². The van der Waals surface area contributed by atoms with E-state index >= 15 is 0 Å². The van der Waals surface area contributed by atoms with Crippen LogP contribution < -0.4 is 20.4 Å². The highest BCUT2D eigenvalue weighted by molar-refractivity contribution is 5.79. The second-order valence-electron chi connectivity index (χ2n) is 8.23. The lowest BCUT2D eigenvalue weighted by atomic mass is 10.2. The number of aromatic nitrogens is 2. The number of nitrogens with zero attached hydrogens (tertiary/aromatic N) is 4. The molecular formula is C25H31N5O3. The van der Waals surface area contributed by atoms with Crippen molar-refractivity contribution >= 4 is 22.5 Å². The van der Waals surface area contributed by atoms with E-state index in [1.807, 2.05) is 30.3 Å². The van der Waals surface area contributed by atoms with Crippen LogP contribution in [-0.4, -0.2) is 67.0 Å². The van der Waals surface area contributed by atoms with Gasteiger partial charge in [0, 0.05) is 50.2 Å². The highest BCUT2D eigenvalue weighted by Gasteiger charge is 2.17. The van der Waals surface area contributed by atoms with E-state index in [2.05, 4.69) is 32.3 Å². The highest BCUT2D eigenvalue weighted by Crippen LogP contribution is 2.20. The third-order valence-corrected chi connectivity index (χ3v) is 6.10. The first kappa shape index (κ1) is 22.8. The molecule has 1 aromatic heterocycles. The van der Waals surface area contributed by atoms with Gasteiger partial charge in [-0.1, -0.05) is 12.1 Å². The van der Waals surface area contributed by atoms with Crippen molar-refractivity contribution in [2.75, 3.05) is 51.3 Å². The predicted octanol–water partition coefficient (Wildman–Crippen LogP) is 2.12. The van der Waals surface area contributed by atoms with Gasteiger partial charge in [-0.25, -0.2) is 0 Å². The number of piperazine rings is 1. The number of carbonyl (C=O) groups excluding carboxylic acids is 1. The van der Waals surface area contributed by atoms with Crippen LogP contribution in [0.2, 0.25) is 0 Å². The zero-order chi connectivity index (χ0) is 23.0. The van der Waals surface area contributed by atoms with E-state index in [-0.39, 0.29) is 11.3 Å². The fourth-order valence-corrected chi connectivity index (χ4v) is 4.19. The van der Waals surface area contributed by atoms with E-state index < -0.39 is 0 Å². The zero-order valence-electron chi connectivity index (χ0n) is 19.1. The monoisotopic (exact) mass is 449 g/mol. The normalized spacial score (nSPS) is 14.4. The number of amides is 1. The Balaban J connectivity index is 1.14. The minimum atomic E-state index is -0.101. The summed E-state index contributed by atoms with van der Waals surface area (Å²) in [5, 5.41) is 7.81. The second kappa shape index (κ2) is 11.0. The summed E-state index contributed by atoms with van der Waals surface area (Å²) in [5.74, 6) is 0.881. The Hall–Kier alpha value is -3.39. The van der Waals surface area contributed by atoms with Crippen LogP contribution in [-0.2, 0) is 11.3 Å². The Morgan fingerprint density at radius 3 is 2.55 bits per heavy atom. The number of hydrogen-bond acceptors (Lipinski definition) is 6. The number of hydrogen-bond donors (Lipinski definition) is 1.